The first-order valence-corrected chi connectivity index (χ1v) is 11.0. The summed E-state index contributed by atoms with van der Waals surface area (Å²) in [6.45, 7) is 11.1. The van der Waals surface area contributed by atoms with E-state index in [4.69, 9.17) is 18.4 Å². The zero-order valence-corrected chi connectivity index (χ0v) is 19.8. The molecule has 2 aromatic heterocycles. The molecule has 3 rings (SSSR count). The number of benzene rings is 1. The molecule has 1 N–H and O–H groups in total. The van der Waals surface area contributed by atoms with Crippen molar-refractivity contribution in [2.24, 2.45) is 0 Å². The Kier molecular flexibility index (Phi) is 7.07. The van der Waals surface area contributed by atoms with Crippen LogP contribution >= 0.6 is 11.8 Å². The second-order valence-electron chi connectivity index (χ2n) is 8.62. The van der Waals surface area contributed by atoms with Gasteiger partial charge in [0.1, 0.15) is 16.9 Å². The lowest BCUT2D eigenvalue weighted by Gasteiger charge is -2.26. The summed E-state index contributed by atoms with van der Waals surface area (Å²) < 4.78 is 21.8. The van der Waals surface area contributed by atoms with E-state index in [1.165, 1.54) is 11.8 Å². The average Bonchev–Trinajstić information content (AvgIpc) is 3.32. The summed E-state index contributed by atoms with van der Waals surface area (Å²) in [5.74, 6) is 2.12. The Labute approximate surface area is 190 Å². The minimum Gasteiger partial charge on any atom is -0.484 e. The molecule has 11 heteroatoms. The van der Waals surface area contributed by atoms with Crippen molar-refractivity contribution in [2.45, 2.75) is 70.3 Å². The number of carbonyl (C=O) groups is 1. The van der Waals surface area contributed by atoms with E-state index in [-0.39, 0.29) is 6.61 Å². The highest BCUT2D eigenvalue weighted by Crippen LogP contribution is 2.24. The summed E-state index contributed by atoms with van der Waals surface area (Å²) in [6, 6.07) is 7.71. The normalized spacial score (nSPS) is 11.9. The van der Waals surface area contributed by atoms with Crippen molar-refractivity contribution in [1.29, 1.82) is 0 Å². The predicted octanol–water partition coefficient (Wildman–Crippen LogP) is 4.39. The zero-order valence-electron chi connectivity index (χ0n) is 19.0. The predicted molar refractivity (Wildman–Crippen MR) is 116 cm³/mol. The molecule has 172 valence electrons. The number of aromatic nitrogens is 4. The van der Waals surface area contributed by atoms with Crippen LogP contribution in [0.4, 0.5) is 4.79 Å². The highest BCUT2D eigenvalue weighted by Gasteiger charge is 2.31. The van der Waals surface area contributed by atoms with E-state index in [2.05, 4.69) is 25.7 Å². The molecule has 0 aliphatic heterocycles. The van der Waals surface area contributed by atoms with Crippen LogP contribution in [0, 0.1) is 6.92 Å². The molecule has 1 aromatic carbocycles. The number of hydrogen-bond acceptors (Lipinski definition) is 10. The molecule has 0 spiro atoms. The Morgan fingerprint density at radius 2 is 1.94 bits per heavy atom. The van der Waals surface area contributed by atoms with Crippen LogP contribution in [0.25, 0.3) is 0 Å². The van der Waals surface area contributed by atoms with Crippen molar-refractivity contribution in [3.05, 3.63) is 47.4 Å². The largest absolute Gasteiger partial charge is 0.484 e. The SMILES string of the molecule is Cc1cccc(OCc2nnc(SCc3nc(C(C)(C)NC(=O)OC(C)(C)C)no3)o2)c1. The van der Waals surface area contributed by atoms with Crippen LogP contribution in [0.3, 0.4) is 0 Å². The van der Waals surface area contributed by atoms with Gasteiger partial charge in [-0.25, -0.2) is 4.79 Å². The number of hydrogen-bond donors (Lipinski definition) is 1. The molecule has 0 aliphatic rings. The molecule has 10 nitrogen and oxygen atoms in total. The van der Waals surface area contributed by atoms with Crippen molar-refractivity contribution in [3.63, 3.8) is 0 Å². The van der Waals surface area contributed by atoms with Crippen LogP contribution in [0.15, 0.2) is 38.4 Å². The van der Waals surface area contributed by atoms with E-state index in [0.29, 0.717) is 28.6 Å². The van der Waals surface area contributed by atoms with Gasteiger partial charge >= 0.3 is 6.09 Å². The first-order chi connectivity index (χ1) is 15.0. The van der Waals surface area contributed by atoms with Crippen molar-refractivity contribution >= 4 is 17.9 Å². The number of aryl methyl sites for hydroxylation is 1. The van der Waals surface area contributed by atoms with Crippen LogP contribution in [0.5, 0.6) is 5.75 Å². The van der Waals surface area contributed by atoms with Crippen molar-refractivity contribution in [2.75, 3.05) is 0 Å². The topological polar surface area (TPSA) is 125 Å². The molecule has 2 heterocycles. The van der Waals surface area contributed by atoms with E-state index in [0.717, 1.165) is 11.3 Å². The third kappa shape index (κ3) is 6.98. The van der Waals surface area contributed by atoms with Gasteiger partial charge in [-0.3, -0.25) is 0 Å². The summed E-state index contributed by atoms with van der Waals surface area (Å²) in [5.41, 5.74) is -0.375. The van der Waals surface area contributed by atoms with Gasteiger partial charge < -0.3 is 23.7 Å². The summed E-state index contributed by atoms with van der Waals surface area (Å²) >= 11 is 1.26. The van der Waals surface area contributed by atoms with Gasteiger partial charge in [-0.15, -0.1) is 10.2 Å². The fourth-order valence-corrected chi connectivity index (χ4v) is 3.13. The number of amides is 1. The molecule has 3 aromatic rings. The maximum Gasteiger partial charge on any atom is 0.408 e. The molecule has 0 saturated carbocycles. The minimum atomic E-state index is -0.875. The number of nitrogens with one attached hydrogen (secondary N) is 1. The van der Waals surface area contributed by atoms with Crippen LogP contribution in [-0.4, -0.2) is 32.0 Å². The molecule has 0 fully saturated rings. The van der Waals surface area contributed by atoms with E-state index in [1.807, 2.05) is 31.2 Å². The van der Waals surface area contributed by atoms with Gasteiger partial charge in [0.2, 0.25) is 5.89 Å². The van der Waals surface area contributed by atoms with Gasteiger partial charge in [-0.1, -0.05) is 29.1 Å². The third-order valence-electron chi connectivity index (χ3n) is 3.96. The molecule has 32 heavy (non-hydrogen) atoms. The van der Waals surface area contributed by atoms with Crippen LogP contribution in [-0.2, 0) is 22.6 Å². The lowest BCUT2D eigenvalue weighted by molar-refractivity contribution is 0.0465. The second kappa shape index (κ2) is 9.60. The maximum absolute atomic E-state index is 12.1. The van der Waals surface area contributed by atoms with Gasteiger partial charge in [0, 0.05) is 0 Å². The Hall–Kier alpha value is -3.08. The molecule has 0 atom stereocenters. The van der Waals surface area contributed by atoms with E-state index >= 15 is 0 Å². The summed E-state index contributed by atoms with van der Waals surface area (Å²) in [4.78, 5) is 16.4. The summed E-state index contributed by atoms with van der Waals surface area (Å²) in [6.07, 6.45) is -0.561. The highest BCUT2D eigenvalue weighted by molar-refractivity contribution is 7.98. The minimum absolute atomic E-state index is 0.173. The van der Waals surface area contributed by atoms with Crippen molar-refractivity contribution < 1.29 is 23.2 Å². The quantitative estimate of drug-likeness (QED) is 0.483. The molecule has 0 unspecified atom stereocenters. The van der Waals surface area contributed by atoms with Crippen LogP contribution in [0.1, 0.15) is 57.8 Å². The molecule has 0 saturated heterocycles. The first kappa shape index (κ1) is 23.6. The molecule has 0 bridgehead atoms. The summed E-state index contributed by atoms with van der Waals surface area (Å²) in [7, 11) is 0. The molecule has 1 amide bonds. The Bertz CT molecular complexity index is 1060. The van der Waals surface area contributed by atoms with Crippen molar-refractivity contribution in [1.82, 2.24) is 25.7 Å². The lowest BCUT2D eigenvalue weighted by atomic mass is 10.1. The molecular weight excluding hydrogens is 434 g/mol. The smallest absolute Gasteiger partial charge is 0.408 e. The number of ether oxygens (including phenoxy) is 2. The number of carbonyl (C=O) groups excluding carboxylic acids is 1. The van der Waals surface area contributed by atoms with E-state index in [1.54, 1.807) is 34.6 Å². The monoisotopic (exact) mass is 461 g/mol. The standard InChI is InChI=1S/C21H27N5O5S/c1-13-8-7-9-14(10-13)28-11-15-24-25-19(29-15)32-12-16-22-17(26-31-16)21(5,6)23-18(27)30-20(2,3)4/h7-10H,11-12H2,1-6H3,(H,23,27). The Balaban J connectivity index is 1.51. The fraction of sp³-hybridized carbons (Fsp3) is 0.476. The van der Waals surface area contributed by atoms with Gasteiger partial charge in [0.15, 0.2) is 12.4 Å². The first-order valence-electron chi connectivity index (χ1n) is 9.99. The third-order valence-corrected chi connectivity index (χ3v) is 4.76. The molecule has 0 aliphatic carbocycles. The molecule has 0 radical (unpaired) electrons. The lowest BCUT2D eigenvalue weighted by Crippen LogP contribution is -2.44. The highest BCUT2D eigenvalue weighted by atomic mass is 32.2. The van der Waals surface area contributed by atoms with Gasteiger partial charge in [0.25, 0.3) is 11.1 Å². The van der Waals surface area contributed by atoms with Crippen LogP contribution < -0.4 is 10.1 Å². The number of nitrogens with zero attached hydrogens (tertiary/aromatic N) is 4. The van der Waals surface area contributed by atoms with Crippen LogP contribution in [0.2, 0.25) is 0 Å². The Morgan fingerprint density at radius 3 is 2.66 bits per heavy atom. The summed E-state index contributed by atoms with van der Waals surface area (Å²) in [5, 5.41) is 15.0. The second-order valence-corrected chi connectivity index (χ2v) is 9.55. The number of rotatable bonds is 8. The van der Waals surface area contributed by atoms with Gasteiger partial charge in [-0.2, -0.15) is 4.98 Å². The fourth-order valence-electron chi connectivity index (χ4n) is 2.51. The zero-order chi connectivity index (χ0) is 23.4. The average molecular weight is 462 g/mol. The van der Waals surface area contributed by atoms with Gasteiger partial charge in [0.05, 0.1) is 5.75 Å². The van der Waals surface area contributed by atoms with Crippen molar-refractivity contribution in [3.8, 4) is 5.75 Å². The van der Waals surface area contributed by atoms with E-state index < -0.39 is 17.2 Å². The number of thioether (sulfide) groups is 1. The Morgan fingerprint density at radius 1 is 1.16 bits per heavy atom. The number of alkyl carbamates (subject to hydrolysis) is 1. The maximum atomic E-state index is 12.1. The van der Waals surface area contributed by atoms with Gasteiger partial charge in [-0.05, 0) is 59.2 Å². The van der Waals surface area contributed by atoms with E-state index in [9.17, 15) is 4.79 Å². The molecular formula is C21H27N5O5S.